The molecule has 1 fully saturated rings. The average molecular weight is 499 g/mol. The van der Waals surface area contributed by atoms with Crippen LogP contribution in [0.4, 0.5) is 0 Å². The van der Waals surface area contributed by atoms with Gasteiger partial charge in [0.2, 0.25) is 0 Å². The van der Waals surface area contributed by atoms with E-state index in [0.717, 1.165) is 51.5 Å². The van der Waals surface area contributed by atoms with Crippen molar-refractivity contribution in [3.05, 3.63) is 48.0 Å². The highest BCUT2D eigenvalue weighted by molar-refractivity contribution is 14.0. The molecule has 0 aliphatic carbocycles. The maximum absolute atomic E-state index is 4.81. The summed E-state index contributed by atoms with van der Waals surface area (Å²) in [7, 11) is 4.30. The highest BCUT2D eigenvalue weighted by Gasteiger charge is 2.13. The van der Waals surface area contributed by atoms with E-state index >= 15 is 0 Å². The normalized spacial score (nSPS) is 15.8. The SMILES string of the molecule is C=CCCCN(C)C(=NCc1ccc(CN2CCN(C)CC2)cc1)NCC.I. The Bertz CT molecular complexity index is 579. The van der Waals surface area contributed by atoms with Gasteiger partial charge in [0.1, 0.15) is 0 Å². The first-order valence-electron chi connectivity index (χ1n) is 10.2. The van der Waals surface area contributed by atoms with Crippen LogP contribution in [-0.4, -0.2) is 74.0 Å². The molecule has 0 bridgehead atoms. The Morgan fingerprint density at radius 1 is 1.18 bits per heavy atom. The number of unbranched alkanes of at least 4 members (excludes halogenated alkanes) is 1. The van der Waals surface area contributed by atoms with Gasteiger partial charge in [0.25, 0.3) is 0 Å². The number of hydrogen-bond acceptors (Lipinski definition) is 3. The molecule has 0 radical (unpaired) electrons. The van der Waals surface area contributed by atoms with Crippen molar-refractivity contribution in [1.29, 1.82) is 0 Å². The highest BCUT2D eigenvalue weighted by atomic mass is 127. The Morgan fingerprint density at radius 2 is 1.82 bits per heavy atom. The molecule has 2 rings (SSSR count). The van der Waals surface area contributed by atoms with Crippen molar-refractivity contribution in [3.63, 3.8) is 0 Å². The van der Waals surface area contributed by atoms with E-state index in [9.17, 15) is 0 Å². The number of rotatable bonds is 9. The number of allylic oxidation sites excluding steroid dienone is 1. The van der Waals surface area contributed by atoms with Crippen LogP contribution in [0.2, 0.25) is 0 Å². The predicted octanol–water partition coefficient (Wildman–Crippen LogP) is 3.42. The van der Waals surface area contributed by atoms with E-state index < -0.39 is 0 Å². The van der Waals surface area contributed by atoms with Crippen LogP contribution >= 0.6 is 24.0 Å². The lowest BCUT2D eigenvalue weighted by molar-refractivity contribution is 0.148. The summed E-state index contributed by atoms with van der Waals surface area (Å²) in [5.41, 5.74) is 2.65. The van der Waals surface area contributed by atoms with Crippen molar-refractivity contribution in [2.24, 2.45) is 4.99 Å². The third kappa shape index (κ3) is 8.92. The second-order valence-electron chi connectivity index (χ2n) is 7.42. The van der Waals surface area contributed by atoms with Crippen LogP contribution in [0, 0.1) is 0 Å². The zero-order valence-electron chi connectivity index (χ0n) is 17.9. The maximum atomic E-state index is 4.81. The Kier molecular flexibility index (Phi) is 12.4. The van der Waals surface area contributed by atoms with Gasteiger partial charge in [0.15, 0.2) is 5.96 Å². The molecule has 0 aromatic heterocycles. The van der Waals surface area contributed by atoms with E-state index in [0.29, 0.717) is 6.54 Å². The van der Waals surface area contributed by atoms with Crippen molar-refractivity contribution in [2.75, 3.05) is 53.4 Å². The number of guanidine groups is 1. The first kappa shape index (κ1) is 24.9. The molecule has 0 atom stereocenters. The monoisotopic (exact) mass is 499 g/mol. The lowest BCUT2D eigenvalue weighted by Crippen LogP contribution is -2.43. The Morgan fingerprint density at radius 3 is 2.43 bits per heavy atom. The second kappa shape index (κ2) is 14.0. The molecule has 28 heavy (non-hydrogen) atoms. The number of hydrogen-bond donors (Lipinski definition) is 1. The summed E-state index contributed by atoms with van der Waals surface area (Å²) in [6.07, 6.45) is 4.12. The Labute approximate surface area is 188 Å². The van der Waals surface area contributed by atoms with E-state index in [-0.39, 0.29) is 24.0 Å². The quantitative estimate of drug-likeness (QED) is 0.186. The van der Waals surface area contributed by atoms with Gasteiger partial charge >= 0.3 is 0 Å². The van der Waals surface area contributed by atoms with Gasteiger partial charge < -0.3 is 15.1 Å². The van der Waals surface area contributed by atoms with Gasteiger partial charge in [-0.25, -0.2) is 4.99 Å². The molecule has 0 spiro atoms. The molecular formula is C22H38IN5. The third-order valence-corrected chi connectivity index (χ3v) is 5.03. The maximum Gasteiger partial charge on any atom is 0.193 e. The number of nitrogens with zero attached hydrogens (tertiary/aromatic N) is 4. The summed E-state index contributed by atoms with van der Waals surface area (Å²) < 4.78 is 0. The van der Waals surface area contributed by atoms with Gasteiger partial charge in [-0.05, 0) is 37.9 Å². The molecule has 1 aliphatic heterocycles. The molecule has 1 aromatic carbocycles. The third-order valence-electron chi connectivity index (χ3n) is 5.03. The topological polar surface area (TPSA) is 34.1 Å². The second-order valence-corrected chi connectivity index (χ2v) is 7.42. The smallest absolute Gasteiger partial charge is 0.193 e. The average Bonchev–Trinajstić information content (AvgIpc) is 2.68. The number of halogens is 1. The minimum atomic E-state index is 0. The molecule has 0 saturated carbocycles. The minimum Gasteiger partial charge on any atom is -0.357 e. The summed E-state index contributed by atoms with van der Waals surface area (Å²) in [5.74, 6) is 0.975. The van der Waals surface area contributed by atoms with Gasteiger partial charge in [-0.2, -0.15) is 0 Å². The summed E-state index contributed by atoms with van der Waals surface area (Å²) >= 11 is 0. The Balaban J connectivity index is 0.00000392. The molecule has 1 N–H and O–H groups in total. The highest BCUT2D eigenvalue weighted by Crippen LogP contribution is 2.10. The molecular weight excluding hydrogens is 461 g/mol. The summed E-state index contributed by atoms with van der Waals surface area (Å²) in [5, 5.41) is 3.39. The largest absolute Gasteiger partial charge is 0.357 e. The molecule has 6 heteroatoms. The van der Waals surface area contributed by atoms with Crippen LogP contribution in [0.3, 0.4) is 0 Å². The fraction of sp³-hybridized carbons (Fsp3) is 0.591. The van der Waals surface area contributed by atoms with Crippen LogP contribution in [0.5, 0.6) is 0 Å². The van der Waals surface area contributed by atoms with Crippen LogP contribution in [-0.2, 0) is 13.1 Å². The number of likely N-dealkylation sites (N-methyl/N-ethyl adjacent to an activating group) is 1. The molecule has 1 aromatic rings. The van der Waals surface area contributed by atoms with Crippen LogP contribution in [0.25, 0.3) is 0 Å². The van der Waals surface area contributed by atoms with Gasteiger partial charge in [0.05, 0.1) is 6.54 Å². The minimum absolute atomic E-state index is 0. The summed E-state index contributed by atoms with van der Waals surface area (Å²) in [4.78, 5) is 11.9. The summed E-state index contributed by atoms with van der Waals surface area (Å²) in [6, 6.07) is 8.94. The lowest BCUT2D eigenvalue weighted by Gasteiger charge is -2.32. The predicted molar refractivity (Wildman–Crippen MR) is 132 cm³/mol. The fourth-order valence-corrected chi connectivity index (χ4v) is 3.23. The molecule has 1 aliphatic rings. The van der Waals surface area contributed by atoms with E-state index in [1.807, 2.05) is 6.08 Å². The molecule has 0 unspecified atom stereocenters. The van der Waals surface area contributed by atoms with Crippen molar-refractivity contribution in [1.82, 2.24) is 20.0 Å². The Hall–Kier alpha value is -1.12. The first-order chi connectivity index (χ1) is 13.1. The standard InChI is InChI=1S/C22H37N5.HI/c1-5-7-8-13-26(4)22(23-6-2)24-18-20-9-11-21(12-10-20)19-27-16-14-25(3)15-17-27;/h5,9-12H,1,6-8,13-19H2,2-4H3,(H,23,24);1H. The van der Waals surface area contributed by atoms with Crippen LogP contribution in [0.1, 0.15) is 30.9 Å². The molecule has 158 valence electrons. The number of benzene rings is 1. The molecule has 1 saturated heterocycles. The molecule has 0 amide bonds. The van der Waals surface area contributed by atoms with Gasteiger partial charge in [-0.1, -0.05) is 30.3 Å². The van der Waals surface area contributed by atoms with E-state index in [1.54, 1.807) is 0 Å². The van der Waals surface area contributed by atoms with Crippen LogP contribution in [0.15, 0.2) is 41.9 Å². The lowest BCUT2D eigenvalue weighted by atomic mass is 10.1. The van der Waals surface area contributed by atoms with Crippen molar-refractivity contribution >= 4 is 29.9 Å². The number of nitrogens with one attached hydrogen (secondary N) is 1. The van der Waals surface area contributed by atoms with Crippen molar-refractivity contribution < 1.29 is 0 Å². The zero-order valence-corrected chi connectivity index (χ0v) is 20.2. The number of piperazine rings is 1. The molecule has 1 heterocycles. The fourth-order valence-electron chi connectivity index (χ4n) is 3.23. The van der Waals surface area contributed by atoms with Gasteiger partial charge in [-0.15, -0.1) is 30.6 Å². The first-order valence-corrected chi connectivity index (χ1v) is 10.2. The van der Waals surface area contributed by atoms with E-state index in [4.69, 9.17) is 4.99 Å². The summed E-state index contributed by atoms with van der Waals surface area (Å²) in [6.45, 7) is 14.2. The van der Waals surface area contributed by atoms with Crippen molar-refractivity contribution in [3.8, 4) is 0 Å². The zero-order chi connectivity index (χ0) is 19.5. The van der Waals surface area contributed by atoms with Crippen LogP contribution < -0.4 is 5.32 Å². The van der Waals surface area contributed by atoms with Gasteiger partial charge in [0, 0.05) is 52.9 Å². The number of aliphatic imine (C=N–C) groups is 1. The van der Waals surface area contributed by atoms with Crippen molar-refractivity contribution in [2.45, 2.75) is 32.9 Å². The van der Waals surface area contributed by atoms with E-state index in [1.165, 1.54) is 24.2 Å². The van der Waals surface area contributed by atoms with Gasteiger partial charge in [-0.3, -0.25) is 4.90 Å². The molecule has 5 nitrogen and oxygen atoms in total. The van der Waals surface area contributed by atoms with E-state index in [2.05, 4.69) is 71.9 Å².